The van der Waals surface area contributed by atoms with E-state index >= 15 is 0 Å². The number of methoxy groups -OCH3 is 1. The van der Waals surface area contributed by atoms with Crippen molar-refractivity contribution >= 4 is 17.3 Å². The first-order valence-corrected chi connectivity index (χ1v) is 10.3. The van der Waals surface area contributed by atoms with E-state index in [0.717, 1.165) is 26.2 Å². The highest BCUT2D eigenvalue weighted by molar-refractivity contribution is 5.77. The molecule has 6 nitrogen and oxygen atoms in total. The van der Waals surface area contributed by atoms with E-state index in [-0.39, 0.29) is 18.6 Å². The number of nitrogens with zero attached hydrogens (tertiary/aromatic N) is 2. The van der Waals surface area contributed by atoms with Crippen molar-refractivity contribution in [2.75, 3.05) is 70.3 Å². The molecule has 1 aliphatic rings. The van der Waals surface area contributed by atoms with Gasteiger partial charge in [-0.15, -0.1) is 0 Å². The Balaban J connectivity index is 1.70. The van der Waals surface area contributed by atoms with Gasteiger partial charge in [-0.1, -0.05) is 30.3 Å². The van der Waals surface area contributed by atoms with Gasteiger partial charge in [0.2, 0.25) is 5.91 Å². The van der Waals surface area contributed by atoms with Crippen molar-refractivity contribution in [1.82, 2.24) is 5.32 Å². The molecule has 1 saturated heterocycles. The third-order valence-electron chi connectivity index (χ3n) is 5.61. The molecule has 6 heteroatoms. The average Bonchev–Trinajstić information content (AvgIpc) is 2.75. The maximum atomic E-state index is 12.0. The van der Waals surface area contributed by atoms with Gasteiger partial charge in [0.15, 0.2) is 0 Å². The number of nitrogens with one attached hydrogen (secondary N) is 2. The molecule has 1 atom stereocenters. The number of quaternary nitrogens is 1. The number of hydrogen-bond acceptors (Lipinski definition) is 4. The molecule has 0 spiro atoms. The minimum atomic E-state index is -0.0651. The highest BCUT2D eigenvalue weighted by Gasteiger charge is 2.29. The first-order chi connectivity index (χ1) is 14.1. The number of para-hydroxylation sites is 1. The molecule has 1 fully saturated rings. The summed E-state index contributed by atoms with van der Waals surface area (Å²) in [4.78, 5) is 18.0. The van der Waals surface area contributed by atoms with Gasteiger partial charge in [-0.3, -0.25) is 4.79 Å². The van der Waals surface area contributed by atoms with Gasteiger partial charge < -0.3 is 24.8 Å². The summed E-state index contributed by atoms with van der Waals surface area (Å²) in [6, 6.07) is 19.5. The van der Waals surface area contributed by atoms with Gasteiger partial charge in [0.1, 0.15) is 12.6 Å². The number of benzene rings is 2. The zero-order valence-electron chi connectivity index (χ0n) is 17.7. The lowest BCUT2D eigenvalue weighted by atomic mass is 10.0. The van der Waals surface area contributed by atoms with E-state index in [9.17, 15) is 4.79 Å². The summed E-state index contributed by atoms with van der Waals surface area (Å²) in [5.74, 6) is -0.0651. The fraction of sp³-hybridized carbons (Fsp3) is 0.435. The summed E-state index contributed by atoms with van der Waals surface area (Å²) in [5.41, 5.74) is 3.73. The van der Waals surface area contributed by atoms with Crippen LogP contribution in [0, 0.1) is 0 Å². The first kappa shape index (κ1) is 21.1. The largest absolute Gasteiger partial charge is 0.378 e. The topological polar surface area (TPSA) is 49.2 Å². The molecule has 2 aromatic rings. The average molecular weight is 398 g/mol. The standard InChI is InChI=1S/C23H32N4O2/c1-25(2)20-11-9-19(10-12-20)22(17-24-23(28)18-29-3)27-15-13-26(14-16-27)21-7-5-4-6-8-21/h4-12,22H,13-18H2,1-3H3,(H,24,28)/p+1/t22-/m1/s1. The Morgan fingerprint density at radius 1 is 1.10 bits per heavy atom. The Bertz CT molecular complexity index is 756. The molecule has 1 amide bonds. The van der Waals surface area contributed by atoms with Crippen molar-refractivity contribution in [3.63, 3.8) is 0 Å². The number of rotatable bonds is 8. The monoisotopic (exact) mass is 397 g/mol. The van der Waals surface area contributed by atoms with Crippen molar-refractivity contribution in [1.29, 1.82) is 0 Å². The molecule has 0 bridgehead atoms. The van der Waals surface area contributed by atoms with Crippen molar-refractivity contribution in [3.8, 4) is 0 Å². The van der Waals surface area contributed by atoms with Gasteiger partial charge in [0.25, 0.3) is 0 Å². The molecule has 0 radical (unpaired) electrons. The van der Waals surface area contributed by atoms with Crippen LogP contribution in [0.2, 0.25) is 0 Å². The Morgan fingerprint density at radius 3 is 2.34 bits per heavy atom. The summed E-state index contributed by atoms with van der Waals surface area (Å²) < 4.78 is 4.96. The van der Waals surface area contributed by atoms with E-state index in [1.807, 2.05) is 14.1 Å². The summed E-state index contributed by atoms with van der Waals surface area (Å²) in [7, 11) is 5.64. The SMILES string of the molecule is COCC(=O)NC[C@H](c1ccc(N(C)C)cc1)[NH+]1CCN(c2ccccc2)CC1. The van der Waals surface area contributed by atoms with Crippen LogP contribution in [0.1, 0.15) is 11.6 Å². The molecular formula is C23H33N4O2+. The molecule has 0 unspecified atom stereocenters. The minimum absolute atomic E-state index is 0.0651. The maximum Gasteiger partial charge on any atom is 0.246 e. The van der Waals surface area contributed by atoms with Crippen molar-refractivity contribution in [3.05, 3.63) is 60.2 Å². The Morgan fingerprint density at radius 2 is 1.76 bits per heavy atom. The maximum absolute atomic E-state index is 12.0. The molecular weight excluding hydrogens is 364 g/mol. The molecule has 0 aliphatic carbocycles. The predicted octanol–water partition coefficient (Wildman–Crippen LogP) is 0.961. The van der Waals surface area contributed by atoms with Crippen molar-refractivity contribution in [2.24, 2.45) is 0 Å². The lowest BCUT2D eigenvalue weighted by Crippen LogP contribution is -3.15. The number of carbonyl (C=O) groups is 1. The van der Waals surface area contributed by atoms with Crippen LogP contribution in [0.4, 0.5) is 11.4 Å². The normalized spacial score (nSPS) is 15.8. The van der Waals surface area contributed by atoms with Gasteiger partial charge in [-0.25, -0.2) is 0 Å². The Labute approximate surface area is 174 Å². The summed E-state index contributed by atoms with van der Waals surface area (Å²) in [6.45, 7) is 4.81. The smallest absolute Gasteiger partial charge is 0.246 e. The quantitative estimate of drug-likeness (QED) is 0.697. The third kappa shape index (κ3) is 5.71. The molecule has 1 aliphatic heterocycles. The minimum Gasteiger partial charge on any atom is -0.378 e. The van der Waals surface area contributed by atoms with Crippen molar-refractivity contribution < 1.29 is 14.4 Å². The van der Waals surface area contributed by atoms with E-state index in [2.05, 4.69) is 69.7 Å². The zero-order chi connectivity index (χ0) is 20.6. The molecule has 0 aromatic heterocycles. The Kier molecular flexibility index (Phi) is 7.49. The lowest BCUT2D eigenvalue weighted by Gasteiger charge is -2.38. The Hall–Kier alpha value is -2.57. The fourth-order valence-electron chi connectivity index (χ4n) is 3.94. The molecule has 2 aromatic carbocycles. The number of ether oxygens (including phenoxy) is 1. The second-order valence-corrected chi connectivity index (χ2v) is 7.76. The molecule has 2 N–H and O–H groups in total. The van der Waals surface area contributed by atoms with Gasteiger partial charge in [0.05, 0.1) is 32.7 Å². The second-order valence-electron chi connectivity index (χ2n) is 7.76. The van der Waals surface area contributed by atoms with E-state index in [0.29, 0.717) is 6.54 Å². The number of anilines is 2. The van der Waals surface area contributed by atoms with Crippen LogP contribution in [0.5, 0.6) is 0 Å². The predicted molar refractivity (Wildman–Crippen MR) is 118 cm³/mol. The van der Waals surface area contributed by atoms with Crippen LogP contribution in [0.3, 0.4) is 0 Å². The van der Waals surface area contributed by atoms with Crippen LogP contribution in [0.25, 0.3) is 0 Å². The fourth-order valence-corrected chi connectivity index (χ4v) is 3.94. The van der Waals surface area contributed by atoms with Crippen LogP contribution >= 0.6 is 0 Å². The summed E-state index contributed by atoms with van der Waals surface area (Å²) in [6.07, 6.45) is 0. The van der Waals surface area contributed by atoms with E-state index in [4.69, 9.17) is 4.74 Å². The number of amides is 1. The molecule has 0 saturated carbocycles. The molecule has 3 rings (SSSR count). The van der Waals surface area contributed by atoms with Gasteiger partial charge >= 0.3 is 0 Å². The van der Waals surface area contributed by atoms with Crippen LogP contribution in [-0.4, -0.2) is 66.4 Å². The molecule has 1 heterocycles. The van der Waals surface area contributed by atoms with Crippen molar-refractivity contribution in [2.45, 2.75) is 6.04 Å². The molecule has 29 heavy (non-hydrogen) atoms. The second kappa shape index (κ2) is 10.3. The van der Waals surface area contributed by atoms with Gasteiger partial charge in [-0.05, 0) is 24.3 Å². The first-order valence-electron chi connectivity index (χ1n) is 10.3. The number of carbonyl (C=O) groups excluding carboxylic acids is 1. The number of hydrogen-bond donors (Lipinski definition) is 2. The van der Waals surface area contributed by atoms with Crippen LogP contribution in [-0.2, 0) is 9.53 Å². The summed E-state index contributed by atoms with van der Waals surface area (Å²) >= 11 is 0. The van der Waals surface area contributed by atoms with Gasteiger partial charge in [0, 0.05) is 38.1 Å². The van der Waals surface area contributed by atoms with Gasteiger partial charge in [-0.2, -0.15) is 0 Å². The molecule has 156 valence electrons. The highest BCUT2D eigenvalue weighted by Crippen LogP contribution is 2.17. The van der Waals surface area contributed by atoms with Crippen LogP contribution < -0.4 is 20.0 Å². The summed E-state index contributed by atoms with van der Waals surface area (Å²) in [5, 5.41) is 3.05. The number of piperazine rings is 1. The lowest BCUT2D eigenvalue weighted by molar-refractivity contribution is -0.931. The van der Waals surface area contributed by atoms with E-state index in [1.54, 1.807) is 7.11 Å². The highest BCUT2D eigenvalue weighted by atomic mass is 16.5. The van der Waals surface area contributed by atoms with E-state index in [1.165, 1.54) is 21.8 Å². The zero-order valence-corrected chi connectivity index (χ0v) is 17.7. The van der Waals surface area contributed by atoms with Crippen LogP contribution in [0.15, 0.2) is 54.6 Å². The van der Waals surface area contributed by atoms with E-state index < -0.39 is 0 Å². The third-order valence-corrected chi connectivity index (χ3v) is 5.61.